The minimum Gasteiger partial charge on any atom is -0.293 e. The minimum absolute atomic E-state index is 0.145. The predicted octanol–water partition coefficient (Wildman–Crippen LogP) is 0.330. The number of hydrogen-bond donors (Lipinski definition) is 2. The number of carbonyl (C=O) groups excluding carboxylic acids is 1. The van der Waals surface area contributed by atoms with Crippen LogP contribution in [0.2, 0.25) is 0 Å². The van der Waals surface area contributed by atoms with Crippen molar-refractivity contribution in [2.75, 3.05) is 12.3 Å². The molecule has 1 saturated heterocycles. The van der Waals surface area contributed by atoms with E-state index in [1.54, 1.807) is 11.8 Å². The van der Waals surface area contributed by atoms with Crippen LogP contribution in [-0.2, 0) is 4.79 Å². The van der Waals surface area contributed by atoms with Crippen molar-refractivity contribution < 1.29 is 4.79 Å². The highest BCUT2D eigenvalue weighted by molar-refractivity contribution is 8.00. The Bertz CT molecular complexity index is 146. The van der Waals surface area contributed by atoms with Gasteiger partial charge in [0.15, 0.2) is 0 Å². The molecule has 0 bridgehead atoms. The first-order valence-electron chi connectivity index (χ1n) is 4.22. The van der Waals surface area contributed by atoms with Crippen LogP contribution in [0.1, 0.15) is 13.8 Å². The number of nitrogens with one attached hydrogen (secondary N) is 2. The summed E-state index contributed by atoms with van der Waals surface area (Å²) in [4.78, 5) is 10.5. The van der Waals surface area contributed by atoms with E-state index in [0.717, 1.165) is 12.3 Å². The lowest BCUT2D eigenvalue weighted by Gasteiger charge is -2.19. The first-order chi connectivity index (χ1) is 5.74. The fourth-order valence-corrected chi connectivity index (χ4v) is 2.01. The molecule has 0 aromatic heterocycles. The highest BCUT2D eigenvalue weighted by Gasteiger charge is 2.20. The molecular weight excluding hydrogens is 172 g/mol. The highest BCUT2D eigenvalue weighted by Crippen LogP contribution is 2.12. The molecule has 1 rings (SSSR count). The van der Waals surface area contributed by atoms with Gasteiger partial charge in [-0.05, 0) is 5.92 Å². The van der Waals surface area contributed by atoms with E-state index in [4.69, 9.17) is 0 Å². The minimum atomic E-state index is -0.145. The van der Waals surface area contributed by atoms with Gasteiger partial charge in [0.25, 0.3) is 0 Å². The Balaban J connectivity index is 2.30. The molecule has 0 aliphatic carbocycles. The molecule has 1 aliphatic heterocycles. The third-order valence-electron chi connectivity index (χ3n) is 1.84. The summed E-state index contributed by atoms with van der Waals surface area (Å²) in [6, 6.07) is -0.145. The van der Waals surface area contributed by atoms with Crippen molar-refractivity contribution in [2.24, 2.45) is 5.92 Å². The van der Waals surface area contributed by atoms with Crippen molar-refractivity contribution in [1.82, 2.24) is 10.6 Å². The van der Waals surface area contributed by atoms with Gasteiger partial charge in [-0.25, -0.2) is 0 Å². The topological polar surface area (TPSA) is 41.1 Å². The van der Waals surface area contributed by atoms with E-state index in [0.29, 0.717) is 5.92 Å². The van der Waals surface area contributed by atoms with Crippen LogP contribution in [-0.4, -0.2) is 30.1 Å². The quantitative estimate of drug-likeness (QED) is 0.665. The molecule has 4 heteroatoms. The second-order valence-electron chi connectivity index (χ2n) is 3.21. The second-order valence-corrected chi connectivity index (χ2v) is 4.42. The normalized spacial score (nSPS) is 26.1. The lowest BCUT2D eigenvalue weighted by atomic mass is 10.1. The van der Waals surface area contributed by atoms with Gasteiger partial charge >= 0.3 is 0 Å². The van der Waals surface area contributed by atoms with Gasteiger partial charge in [-0.15, -0.1) is 11.8 Å². The summed E-state index contributed by atoms with van der Waals surface area (Å²) in [5, 5.41) is 6.44. The van der Waals surface area contributed by atoms with E-state index in [9.17, 15) is 4.79 Å². The van der Waals surface area contributed by atoms with Crippen LogP contribution in [0.15, 0.2) is 0 Å². The molecule has 2 N–H and O–H groups in total. The van der Waals surface area contributed by atoms with Crippen molar-refractivity contribution in [2.45, 2.75) is 25.4 Å². The summed E-state index contributed by atoms with van der Waals surface area (Å²) in [6.45, 7) is 5.05. The maximum atomic E-state index is 10.5. The van der Waals surface area contributed by atoms with Crippen LogP contribution in [0.5, 0.6) is 0 Å². The molecule has 1 radical (unpaired) electrons. The van der Waals surface area contributed by atoms with E-state index < -0.39 is 0 Å². The van der Waals surface area contributed by atoms with E-state index in [2.05, 4.69) is 10.6 Å². The average molecular weight is 187 g/mol. The lowest BCUT2D eigenvalue weighted by Crippen LogP contribution is -2.45. The molecule has 1 fully saturated rings. The lowest BCUT2D eigenvalue weighted by molar-refractivity contribution is 0.426. The van der Waals surface area contributed by atoms with Crippen LogP contribution in [0.4, 0.5) is 0 Å². The third-order valence-corrected chi connectivity index (χ3v) is 2.92. The molecule has 1 heterocycles. The van der Waals surface area contributed by atoms with E-state index >= 15 is 0 Å². The summed E-state index contributed by atoms with van der Waals surface area (Å²) in [6.07, 6.45) is 2.01. The Morgan fingerprint density at radius 3 is 2.83 bits per heavy atom. The molecule has 0 spiro atoms. The summed E-state index contributed by atoms with van der Waals surface area (Å²) in [5.74, 6) is 1.42. The molecule has 0 amide bonds. The van der Waals surface area contributed by atoms with Gasteiger partial charge in [-0.2, -0.15) is 0 Å². The van der Waals surface area contributed by atoms with Crippen LogP contribution in [0, 0.1) is 5.92 Å². The van der Waals surface area contributed by atoms with Crippen molar-refractivity contribution in [3.63, 3.8) is 0 Å². The van der Waals surface area contributed by atoms with Crippen LogP contribution in [0.3, 0.4) is 0 Å². The fourth-order valence-electron chi connectivity index (χ4n) is 1.06. The first kappa shape index (κ1) is 10.0. The van der Waals surface area contributed by atoms with Crippen molar-refractivity contribution in [3.8, 4) is 0 Å². The maximum Gasteiger partial charge on any atom is 0.217 e. The summed E-state index contributed by atoms with van der Waals surface area (Å²) >= 11 is 1.80. The predicted molar refractivity (Wildman–Crippen MR) is 51.7 cm³/mol. The van der Waals surface area contributed by atoms with E-state index in [1.165, 1.54) is 0 Å². The molecule has 1 aliphatic rings. The molecule has 69 valence electrons. The molecule has 0 aromatic rings. The molecule has 2 atom stereocenters. The van der Waals surface area contributed by atoms with Crippen LogP contribution >= 0.6 is 11.8 Å². The Labute approximate surface area is 77.7 Å². The smallest absolute Gasteiger partial charge is 0.217 e. The van der Waals surface area contributed by atoms with E-state index in [-0.39, 0.29) is 11.5 Å². The molecule has 12 heavy (non-hydrogen) atoms. The number of thioether (sulfide) groups is 1. The number of rotatable bonds is 4. The molecular formula is C8H15N2OS. The monoisotopic (exact) mass is 187 g/mol. The van der Waals surface area contributed by atoms with Gasteiger partial charge in [0.1, 0.15) is 5.50 Å². The Hall–Kier alpha value is -0.0600. The van der Waals surface area contributed by atoms with Gasteiger partial charge in [-0.3, -0.25) is 15.4 Å². The van der Waals surface area contributed by atoms with Crippen molar-refractivity contribution in [3.05, 3.63) is 0 Å². The van der Waals surface area contributed by atoms with Gasteiger partial charge in [0.2, 0.25) is 6.29 Å². The van der Waals surface area contributed by atoms with Gasteiger partial charge in [-0.1, -0.05) is 13.8 Å². The molecule has 0 aromatic carbocycles. The maximum absolute atomic E-state index is 10.5. The Morgan fingerprint density at radius 1 is 1.67 bits per heavy atom. The molecule has 3 nitrogen and oxygen atoms in total. The van der Waals surface area contributed by atoms with Crippen molar-refractivity contribution in [1.29, 1.82) is 0 Å². The molecule has 2 unspecified atom stereocenters. The molecule has 0 saturated carbocycles. The zero-order valence-corrected chi connectivity index (χ0v) is 8.28. The standard InChI is InChI=1S/C8H15N2OS/c1-6(2)7(5-11)10-8-9-3-4-12-8/h6-10H,3-4H2,1-2H3. The summed E-state index contributed by atoms with van der Waals surface area (Å²) < 4.78 is 0. The zero-order chi connectivity index (χ0) is 8.97. The second kappa shape index (κ2) is 4.84. The average Bonchev–Trinajstić information content (AvgIpc) is 2.51. The van der Waals surface area contributed by atoms with Gasteiger partial charge < -0.3 is 0 Å². The van der Waals surface area contributed by atoms with Gasteiger partial charge in [0, 0.05) is 12.3 Å². The largest absolute Gasteiger partial charge is 0.293 e. The van der Waals surface area contributed by atoms with E-state index in [1.807, 2.05) is 20.1 Å². The number of hydrogen-bond acceptors (Lipinski definition) is 4. The highest BCUT2D eigenvalue weighted by atomic mass is 32.2. The zero-order valence-electron chi connectivity index (χ0n) is 7.46. The Kier molecular flexibility index (Phi) is 4.05. The SMILES string of the molecule is CC(C)C([C]=O)NC1NCCS1. The first-order valence-corrected chi connectivity index (χ1v) is 5.27. The summed E-state index contributed by atoms with van der Waals surface area (Å²) in [7, 11) is 0. The van der Waals surface area contributed by atoms with Crippen molar-refractivity contribution >= 4 is 18.0 Å². The third kappa shape index (κ3) is 2.77. The fraction of sp³-hybridized carbons (Fsp3) is 0.875. The summed E-state index contributed by atoms with van der Waals surface area (Å²) in [5.41, 5.74) is 0.235. The van der Waals surface area contributed by atoms with Crippen LogP contribution in [0.25, 0.3) is 0 Å². The van der Waals surface area contributed by atoms with Gasteiger partial charge in [0.05, 0.1) is 6.04 Å². The van der Waals surface area contributed by atoms with Crippen LogP contribution < -0.4 is 10.6 Å². The Morgan fingerprint density at radius 2 is 2.42 bits per heavy atom.